The van der Waals surface area contributed by atoms with Crippen LogP contribution in [0.3, 0.4) is 0 Å². The molecule has 1 aliphatic heterocycles. The van der Waals surface area contributed by atoms with E-state index in [0.717, 1.165) is 12.1 Å². The van der Waals surface area contributed by atoms with Gasteiger partial charge in [0.25, 0.3) is 12.3 Å². The first kappa shape index (κ1) is 19.6. The standard InChI is InChI=1S/C18H17F3N4O3/c1-27-11-3-5-14(23-7-11)16(26)24-10-2-4-13(19)12(6-10)18(17(20)21)9-28-8-15(22)25-18/h2-7,17H,8-9H2,1H3,(H2,22,25)(H,24,26). The van der Waals surface area contributed by atoms with Gasteiger partial charge in [-0.05, 0) is 30.3 Å². The summed E-state index contributed by atoms with van der Waals surface area (Å²) in [7, 11) is 1.46. The second kappa shape index (κ2) is 7.85. The van der Waals surface area contributed by atoms with Crippen molar-refractivity contribution in [2.75, 3.05) is 25.6 Å². The van der Waals surface area contributed by atoms with Gasteiger partial charge in [0, 0.05) is 11.3 Å². The molecule has 0 spiro atoms. The monoisotopic (exact) mass is 394 g/mol. The number of anilines is 1. The summed E-state index contributed by atoms with van der Waals surface area (Å²) < 4.78 is 52.1. The highest BCUT2D eigenvalue weighted by atomic mass is 19.3. The molecular formula is C18H17F3N4O3. The molecule has 2 aromatic rings. The highest BCUT2D eigenvalue weighted by molar-refractivity contribution is 6.02. The lowest BCUT2D eigenvalue weighted by molar-refractivity contribution is -0.0145. The van der Waals surface area contributed by atoms with E-state index in [2.05, 4.69) is 15.3 Å². The first-order valence-corrected chi connectivity index (χ1v) is 8.17. The topological polar surface area (TPSA) is 98.8 Å². The zero-order valence-electron chi connectivity index (χ0n) is 14.8. The summed E-state index contributed by atoms with van der Waals surface area (Å²) in [5.74, 6) is -1.22. The molecule has 7 nitrogen and oxygen atoms in total. The van der Waals surface area contributed by atoms with Crippen LogP contribution in [0.1, 0.15) is 16.1 Å². The number of methoxy groups -OCH3 is 1. The van der Waals surface area contributed by atoms with Crippen LogP contribution in [0.25, 0.3) is 0 Å². The summed E-state index contributed by atoms with van der Waals surface area (Å²) in [5, 5.41) is 2.50. The summed E-state index contributed by atoms with van der Waals surface area (Å²) >= 11 is 0. The number of ether oxygens (including phenoxy) is 2. The molecule has 1 aromatic carbocycles. The Morgan fingerprint density at radius 3 is 2.75 bits per heavy atom. The Balaban J connectivity index is 1.92. The minimum absolute atomic E-state index is 0.0681. The zero-order valence-corrected chi connectivity index (χ0v) is 14.8. The molecule has 1 aliphatic rings. The van der Waals surface area contributed by atoms with Crippen LogP contribution in [0.4, 0.5) is 18.9 Å². The highest BCUT2D eigenvalue weighted by Crippen LogP contribution is 2.38. The third-order valence-corrected chi connectivity index (χ3v) is 4.17. The van der Waals surface area contributed by atoms with Gasteiger partial charge in [0.15, 0.2) is 5.54 Å². The van der Waals surface area contributed by atoms with Gasteiger partial charge in [0.2, 0.25) is 0 Å². The fourth-order valence-corrected chi connectivity index (χ4v) is 2.76. The molecule has 0 saturated carbocycles. The first-order chi connectivity index (χ1) is 13.4. The van der Waals surface area contributed by atoms with Crippen LogP contribution < -0.4 is 15.8 Å². The van der Waals surface area contributed by atoms with E-state index in [0.29, 0.717) is 5.75 Å². The fourth-order valence-electron chi connectivity index (χ4n) is 2.76. The van der Waals surface area contributed by atoms with Crippen LogP contribution in [0.5, 0.6) is 5.75 Å². The van der Waals surface area contributed by atoms with Crippen LogP contribution in [0, 0.1) is 5.82 Å². The van der Waals surface area contributed by atoms with Crippen molar-refractivity contribution < 1.29 is 27.4 Å². The van der Waals surface area contributed by atoms with E-state index in [4.69, 9.17) is 15.2 Å². The van der Waals surface area contributed by atoms with E-state index in [1.807, 2.05) is 0 Å². The smallest absolute Gasteiger partial charge is 0.274 e. The number of alkyl halides is 2. The Kier molecular flexibility index (Phi) is 5.50. The predicted molar refractivity (Wildman–Crippen MR) is 95.3 cm³/mol. The maximum Gasteiger partial charge on any atom is 0.274 e. The number of amides is 1. The van der Waals surface area contributed by atoms with Gasteiger partial charge in [-0.3, -0.25) is 9.79 Å². The van der Waals surface area contributed by atoms with Crippen LogP contribution in [0.15, 0.2) is 41.5 Å². The SMILES string of the molecule is COc1ccc(C(=O)Nc2ccc(F)c(C3(C(F)F)COCC(N)=N3)c2)nc1. The maximum absolute atomic E-state index is 14.4. The summed E-state index contributed by atoms with van der Waals surface area (Å²) in [6.45, 7) is -0.657. The van der Waals surface area contributed by atoms with Gasteiger partial charge in [-0.1, -0.05) is 0 Å². The van der Waals surface area contributed by atoms with Crippen molar-refractivity contribution in [1.82, 2.24) is 4.98 Å². The summed E-state index contributed by atoms with van der Waals surface area (Å²) in [5.41, 5.74) is 2.99. The zero-order chi connectivity index (χ0) is 20.3. The van der Waals surface area contributed by atoms with Gasteiger partial charge in [0.05, 0.1) is 19.9 Å². The third-order valence-electron chi connectivity index (χ3n) is 4.17. The van der Waals surface area contributed by atoms with Crippen molar-refractivity contribution in [3.8, 4) is 5.75 Å². The Labute approximate surface area is 158 Å². The van der Waals surface area contributed by atoms with Crippen molar-refractivity contribution in [3.05, 3.63) is 53.6 Å². The molecule has 28 heavy (non-hydrogen) atoms. The molecule has 0 bridgehead atoms. The maximum atomic E-state index is 14.4. The number of aromatic nitrogens is 1. The predicted octanol–water partition coefficient (Wildman–Crippen LogP) is 2.33. The number of nitrogens with two attached hydrogens (primary N) is 1. The molecular weight excluding hydrogens is 377 g/mol. The molecule has 2 heterocycles. The number of hydrogen-bond donors (Lipinski definition) is 2. The molecule has 10 heteroatoms. The second-order valence-corrected chi connectivity index (χ2v) is 6.05. The van der Waals surface area contributed by atoms with E-state index >= 15 is 0 Å². The molecule has 3 N–H and O–H groups in total. The number of benzene rings is 1. The lowest BCUT2D eigenvalue weighted by Gasteiger charge is -2.33. The van der Waals surface area contributed by atoms with Crippen molar-refractivity contribution in [2.45, 2.75) is 12.0 Å². The summed E-state index contributed by atoms with van der Waals surface area (Å²) in [6, 6.07) is 6.28. The molecule has 1 aromatic heterocycles. The summed E-state index contributed by atoms with van der Waals surface area (Å²) in [6.07, 6.45) is -1.72. The van der Waals surface area contributed by atoms with Gasteiger partial charge in [-0.25, -0.2) is 18.2 Å². The Bertz CT molecular complexity index is 905. The fraction of sp³-hybridized carbons (Fsp3) is 0.278. The number of pyridine rings is 1. The Hall–Kier alpha value is -3.14. The molecule has 3 rings (SSSR count). The molecule has 0 fully saturated rings. The van der Waals surface area contributed by atoms with Crippen molar-refractivity contribution in [2.24, 2.45) is 10.7 Å². The normalized spacial score (nSPS) is 19.2. The molecule has 1 atom stereocenters. The van der Waals surface area contributed by atoms with Crippen molar-refractivity contribution in [1.29, 1.82) is 0 Å². The van der Waals surface area contributed by atoms with Crippen molar-refractivity contribution >= 4 is 17.4 Å². The number of carbonyl (C=O) groups is 1. The average Bonchev–Trinajstić information content (AvgIpc) is 2.69. The molecule has 148 valence electrons. The molecule has 1 unspecified atom stereocenters. The third kappa shape index (κ3) is 3.77. The quantitative estimate of drug-likeness (QED) is 0.811. The number of aliphatic imine (C=N–C) groups is 1. The molecule has 0 aliphatic carbocycles. The Morgan fingerprint density at radius 2 is 2.14 bits per heavy atom. The van der Waals surface area contributed by atoms with Crippen LogP contribution in [-0.4, -0.2) is 43.5 Å². The number of rotatable bonds is 5. The van der Waals surface area contributed by atoms with Crippen LogP contribution >= 0.6 is 0 Å². The minimum Gasteiger partial charge on any atom is -0.495 e. The van der Waals surface area contributed by atoms with Crippen LogP contribution in [-0.2, 0) is 10.3 Å². The lowest BCUT2D eigenvalue weighted by Crippen LogP contribution is -2.45. The second-order valence-electron chi connectivity index (χ2n) is 6.05. The minimum atomic E-state index is -3.07. The van der Waals surface area contributed by atoms with Gasteiger partial charge in [0.1, 0.15) is 29.7 Å². The van der Waals surface area contributed by atoms with Gasteiger partial charge >= 0.3 is 0 Å². The highest BCUT2D eigenvalue weighted by Gasteiger charge is 2.46. The van der Waals surface area contributed by atoms with E-state index in [1.54, 1.807) is 6.07 Å². The lowest BCUT2D eigenvalue weighted by atomic mass is 9.90. The molecule has 1 amide bonds. The largest absolute Gasteiger partial charge is 0.495 e. The number of hydrogen-bond acceptors (Lipinski definition) is 6. The molecule has 0 saturated heterocycles. The van der Waals surface area contributed by atoms with E-state index < -0.39 is 35.9 Å². The number of carbonyl (C=O) groups excluding carboxylic acids is 1. The van der Waals surface area contributed by atoms with Gasteiger partial charge in [-0.15, -0.1) is 0 Å². The number of amidine groups is 1. The Morgan fingerprint density at radius 1 is 1.36 bits per heavy atom. The number of halogens is 3. The number of nitrogens with zero attached hydrogens (tertiary/aromatic N) is 2. The van der Waals surface area contributed by atoms with E-state index in [9.17, 15) is 18.0 Å². The van der Waals surface area contributed by atoms with E-state index in [1.165, 1.54) is 25.4 Å². The average molecular weight is 394 g/mol. The first-order valence-electron chi connectivity index (χ1n) is 8.17. The van der Waals surface area contributed by atoms with Crippen molar-refractivity contribution in [3.63, 3.8) is 0 Å². The van der Waals surface area contributed by atoms with Crippen LogP contribution in [0.2, 0.25) is 0 Å². The van der Waals surface area contributed by atoms with E-state index in [-0.39, 0.29) is 23.8 Å². The van der Waals surface area contributed by atoms with Gasteiger partial charge < -0.3 is 20.5 Å². The number of nitrogens with one attached hydrogen (secondary N) is 1. The molecule has 0 radical (unpaired) electrons. The van der Waals surface area contributed by atoms with Gasteiger partial charge in [-0.2, -0.15) is 0 Å². The summed E-state index contributed by atoms with van der Waals surface area (Å²) in [4.78, 5) is 20.0.